The van der Waals surface area contributed by atoms with Gasteiger partial charge in [0.2, 0.25) is 5.91 Å². The van der Waals surface area contributed by atoms with Crippen molar-refractivity contribution in [1.29, 1.82) is 0 Å². The number of rotatable bonds is 7. The zero-order valence-corrected chi connectivity index (χ0v) is 16.3. The number of nitrogens with zero attached hydrogens (tertiary/aromatic N) is 3. The van der Waals surface area contributed by atoms with Crippen LogP contribution in [-0.2, 0) is 27.5 Å². The van der Waals surface area contributed by atoms with Gasteiger partial charge in [0, 0.05) is 5.38 Å². The molecule has 0 aliphatic rings. The lowest BCUT2D eigenvalue weighted by atomic mass is 10.2. The smallest absolute Gasteiger partial charge is 0.325 e. The summed E-state index contributed by atoms with van der Waals surface area (Å²) in [6.45, 7) is 0.0132. The number of carbonyl (C=O) groups is 2. The molecule has 2 heterocycles. The number of thiazole rings is 1. The van der Waals surface area contributed by atoms with E-state index in [1.54, 1.807) is 10.1 Å². The number of imidazole rings is 1. The Morgan fingerprint density at radius 2 is 1.86 bits per heavy atom. The van der Waals surface area contributed by atoms with Crippen LogP contribution in [0.4, 0.5) is 0 Å². The van der Waals surface area contributed by atoms with Gasteiger partial charge in [-0.25, -0.2) is 9.97 Å². The number of amides is 1. The largest absolute Gasteiger partial charge is 0.460 e. The van der Waals surface area contributed by atoms with Gasteiger partial charge in [0.25, 0.3) is 0 Å². The zero-order valence-electron chi connectivity index (χ0n) is 15.4. The van der Waals surface area contributed by atoms with Crippen molar-refractivity contribution in [3.63, 3.8) is 0 Å². The number of nitrogens with one attached hydrogen (secondary N) is 1. The molecule has 8 heteroatoms. The minimum atomic E-state index is -0.489. The van der Waals surface area contributed by atoms with Crippen LogP contribution in [0, 0.1) is 0 Å². The summed E-state index contributed by atoms with van der Waals surface area (Å²) in [7, 11) is 0. The number of esters is 1. The normalized spacial score (nSPS) is 10.8. The third kappa shape index (κ3) is 4.49. The first-order chi connectivity index (χ1) is 14.2. The van der Waals surface area contributed by atoms with Crippen LogP contribution < -0.4 is 5.32 Å². The first kappa shape index (κ1) is 18.8. The van der Waals surface area contributed by atoms with Crippen molar-refractivity contribution in [1.82, 2.24) is 19.9 Å². The van der Waals surface area contributed by atoms with Crippen LogP contribution in [0.25, 0.3) is 22.6 Å². The fourth-order valence-electron chi connectivity index (χ4n) is 2.91. The molecule has 0 fully saturated rings. The Hall–Kier alpha value is -3.52. The minimum Gasteiger partial charge on any atom is -0.460 e. The van der Waals surface area contributed by atoms with Crippen molar-refractivity contribution in [2.24, 2.45) is 0 Å². The molecule has 0 unspecified atom stereocenters. The lowest BCUT2D eigenvalue weighted by Crippen LogP contribution is -2.33. The fraction of sp³-hybridized carbons (Fsp3) is 0.143. The topological polar surface area (TPSA) is 86.1 Å². The van der Waals surface area contributed by atoms with Gasteiger partial charge in [0.15, 0.2) is 5.82 Å². The van der Waals surface area contributed by atoms with Gasteiger partial charge in [-0.05, 0) is 17.7 Å². The van der Waals surface area contributed by atoms with Crippen LogP contribution in [0.15, 0.2) is 65.5 Å². The highest BCUT2D eigenvalue weighted by Gasteiger charge is 2.17. The number of ether oxygens (including phenoxy) is 1. The number of para-hydroxylation sites is 2. The summed E-state index contributed by atoms with van der Waals surface area (Å²) in [5.74, 6) is -0.173. The average Bonchev–Trinajstić information content (AvgIpc) is 3.40. The molecule has 0 spiro atoms. The van der Waals surface area contributed by atoms with Crippen LogP contribution in [0.2, 0.25) is 0 Å². The molecule has 0 radical (unpaired) electrons. The molecule has 0 atom stereocenters. The fourth-order valence-corrected chi connectivity index (χ4v) is 3.44. The van der Waals surface area contributed by atoms with Crippen molar-refractivity contribution in [3.05, 3.63) is 71.1 Å². The molecular formula is C21H18N4O3S. The molecule has 29 heavy (non-hydrogen) atoms. The summed E-state index contributed by atoms with van der Waals surface area (Å²) in [5, 5.41) is 4.50. The van der Waals surface area contributed by atoms with E-state index in [0.29, 0.717) is 11.5 Å². The monoisotopic (exact) mass is 406 g/mol. The highest BCUT2D eigenvalue weighted by molar-refractivity contribution is 7.07. The SMILES string of the molecule is O=C(Cn1c(-c2cscn2)nc2ccccc21)NCC(=O)OCc1ccccc1. The predicted molar refractivity (Wildman–Crippen MR) is 110 cm³/mol. The number of carbonyl (C=O) groups excluding carboxylic acids is 2. The Morgan fingerprint density at radius 3 is 2.66 bits per heavy atom. The molecule has 7 nitrogen and oxygen atoms in total. The maximum absolute atomic E-state index is 12.5. The van der Waals surface area contributed by atoms with Crippen molar-refractivity contribution in [2.75, 3.05) is 6.54 Å². The number of benzene rings is 2. The maximum atomic E-state index is 12.5. The first-order valence-corrected chi connectivity index (χ1v) is 9.95. The van der Waals surface area contributed by atoms with E-state index in [1.165, 1.54) is 11.3 Å². The van der Waals surface area contributed by atoms with E-state index in [1.807, 2.05) is 60.0 Å². The summed E-state index contributed by atoms with van der Waals surface area (Å²) in [5.41, 5.74) is 4.94. The second-order valence-electron chi connectivity index (χ2n) is 6.31. The summed E-state index contributed by atoms with van der Waals surface area (Å²) in [4.78, 5) is 33.3. The molecule has 0 saturated carbocycles. The van der Waals surface area contributed by atoms with Crippen LogP contribution in [0.5, 0.6) is 0 Å². The van der Waals surface area contributed by atoms with E-state index in [4.69, 9.17) is 4.74 Å². The van der Waals surface area contributed by atoms with Crippen molar-refractivity contribution < 1.29 is 14.3 Å². The third-order valence-electron chi connectivity index (χ3n) is 4.29. The van der Waals surface area contributed by atoms with Gasteiger partial charge < -0.3 is 14.6 Å². The molecule has 2 aromatic carbocycles. The summed E-state index contributed by atoms with van der Waals surface area (Å²) < 4.78 is 6.99. The Bertz CT molecular complexity index is 1120. The molecule has 1 amide bonds. The van der Waals surface area contributed by atoms with Crippen molar-refractivity contribution in [2.45, 2.75) is 13.2 Å². The lowest BCUT2D eigenvalue weighted by Gasteiger charge is -2.09. The van der Waals surface area contributed by atoms with Gasteiger partial charge in [-0.3, -0.25) is 9.59 Å². The van der Waals surface area contributed by atoms with Crippen molar-refractivity contribution >= 4 is 34.2 Å². The van der Waals surface area contributed by atoms with Crippen LogP contribution >= 0.6 is 11.3 Å². The zero-order chi connectivity index (χ0) is 20.1. The van der Waals surface area contributed by atoms with Gasteiger partial charge in [0.1, 0.15) is 25.4 Å². The molecule has 0 saturated heterocycles. The molecule has 0 aliphatic carbocycles. The molecule has 0 aliphatic heterocycles. The Labute approximate surface area is 171 Å². The number of hydrogen-bond donors (Lipinski definition) is 1. The third-order valence-corrected chi connectivity index (χ3v) is 4.88. The second-order valence-corrected chi connectivity index (χ2v) is 7.03. The average molecular weight is 406 g/mol. The molecule has 146 valence electrons. The first-order valence-electron chi connectivity index (χ1n) is 9.01. The molecule has 4 aromatic rings. The predicted octanol–water partition coefficient (Wildman–Crippen LogP) is 3.02. The van der Waals surface area contributed by atoms with E-state index in [0.717, 1.165) is 16.6 Å². The van der Waals surface area contributed by atoms with Gasteiger partial charge in [-0.15, -0.1) is 11.3 Å². The highest BCUT2D eigenvalue weighted by Crippen LogP contribution is 2.24. The van der Waals surface area contributed by atoms with Gasteiger partial charge in [-0.1, -0.05) is 42.5 Å². The summed E-state index contributed by atoms with van der Waals surface area (Å²) in [6, 6.07) is 17.0. The summed E-state index contributed by atoms with van der Waals surface area (Å²) in [6.07, 6.45) is 0. The van der Waals surface area contributed by atoms with Gasteiger partial charge >= 0.3 is 5.97 Å². The highest BCUT2D eigenvalue weighted by atomic mass is 32.1. The molecular weight excluding hydrogens is 388 g/mol. The Morgan fingerprint density at radius 1 is 1.07 bits per heavy atom. The summed E-state index contributed by atoms with van der Waals surface area (Å²) >= 11 is 1.46. The lowest BCUT2D eigenvalue weighted by molar-refractivity contribution is -0.145. The van der Waals surface area contributed by atoms with Gasteiger partial charge in [-0.2, -0.15) is 0 Å². The minimum absolute atomic E-state index is 0.0271. The molecule has 1 N–H and O–H groups in total. The number of hydrogen-bond acceptors (Lipinski definition) is 6. The molecule has 2 aromatic heterocycles. The van der Waals surface area contributed by atoms with E-state index in [9.17, 15) is 9.59 Å². The van der Waals surface area contributed by atoms with Crippen LogP contribution in [0.3, 0.4) is 0 Å². The number of aromatic nitrogens is 3. The van der Waals surface area contributed by atoms with E-state index >= 15 is 0 Å². The quantitative estimate of drug-likeness (QED) is 0.477. The Balaban J connectivity index is 1.40. The Kier molecular flexibility index (Phi) is 5.62. The van der Waals surface area contributed by atoms with E-state index < -0.39 is 5.97 Å². The van der Waals surface area contributed by atoms with Crippen LogP contribution in [-0.4, -0.2) is 33.0 Å². The standard InChI is InChI=1S/C21H18N4O3S/c26-19(22-10-20(27)28-12-15-6-2-1-3-7-15)11-25-18-9-5-4-8-16(18)24-21(25)17-13-29-14-23-17/h1-9,13-14H,10-12H2,(H,22,26). The maximum Gasteiger partial charge on any atom is 0.325 e. The van der Waals surface area contributed by atoms with E-state index in [-0.39, 0.29) is 25.6 Å². The molecule has 4 rings (SSSR count). The van der Waals surface area contributed by atoms with Crippen molar-refractivity contribution in [3.8, 4) is 11.5 Å². The number of fused-ring (bicyclic) bond motifs is 1. The molecule has 0 bridgehead atoms. The van der Waals surface area contributed by atoms with E-state index in [2.05, 4.69) is 15.3 Å². The van der Waals surface area contributed by atoms with Gasteiger partial charge in [0.05, 0.1) is 16.5 Å². The second kappa shape index (κ2) is 8.66. The van der Waals surface area contributed by atoms with Crippen LogP contribution in [0.1, 0.15) is 5.56 Å².